The van der Waals surface area contributed by atoms with Crippen molar-refractivity contribution in [2.75, 3.05) is 33.3 Å². The Morgan fingerprint density at radius 1 is 1.00 bits per heavy atom. The first-order valence-corrected chi connectivity index (χ1v) is 7.59. The Kier molecular flexibility index (Phi) is 4.70. The lowest BCUT2D eigenvalue weighted by atomic mass is 10.2. The van der Waals surface area contributed by atoms with Gasteiger partial charge in [0.05, 0.1) is 13.7 Å². The smallest absolute Gasteiger partial charge is 0.230 e. The van der Waals surface area contributed by atoms with E-state index in [9.17, 15) is 0 Å². The van der Waals surface area contributed by atoms with Gasteiger partial charge < -0.3 is 9.15 Å². The average molecular weight is 302 g/mol. The van der Waals surface area contributed by atoms with E-state index >= 15 is 0 Å². The van der Waals surface area contributed by atoms with Crippen molar-refractivity contribution in [2.24, 2.45) is 0 Å². The second-order valence-electron chi connectivity index (χ2n) is 5.62. The Balaban J connectivity index is 1.46. The number of hydrogen-bond acceptors (Lipinski definition) is 6. The van der Waals surface area contributed by atoms with Gasteiger partial charge in [0.25, 0.3) is 0 Å². The molecule has 0 amide bonds. The minimum atomic E-state index is 0.633. The predicted octanol–water partition coefficient (Wildman–Crippen LogP) is 1.70. The molecule has 0 unspecified atom stereocenters. The molecular weight excluding hydrogens is 280 g/mol. The molecule has 2 heterocycles. The fourth-order valence-electron chi connectivity index (χ4n) is 2.69. The van der Waals surface area contributed by atoms with Gasteiger partial charge in [-0.25, -0.2) is 0 Å². The van der Waals surface area contributed by atoms with E-state index in [1.165, 1.54) is 5.56 Å². The van der Waals surface area contributed by atoms with Gasteiger partial charge in [0.15, 0.2) is 0 Å². The molecule has 0 N–H and O–H groups in total. The number of methoxy groups -OCH3 is 1. The van der Waals surface area contributed by atoms with Gasteiger partial charge in [-0.3, -0.25) is 9.80 Å². The predicted molar refractivity (Wildman–Crippen MR) is 82.6 cm³/mol. The lowest BCUT2D eigenvalue weighted by Gasteiger charge is -2.33. The highest BCUT2D eigenvalue weighted by molar-refractivity contribution is 5.27. The molecule has 1 aromatic carbocycles. The average Bonchev–Trinajstić information content (AvgIpc) is 2.95. The first-order chi connectivity index (χ1) is 10.7. The van der Waals surface area contributed by atoms with Crippen LogP contribution in [0.15, 0.2) is 28.7 Å². The summed E-state index contributed by atoms with van der Waals surface area (Å²) >= 11 is 0. The minimum Gasteiger partial charge on any atom is -0.497 e. The number of hydrogen-bond donors (Lipinski definition) is 0. The van der Waals surface area contributed by atoms with Crippen LogP contribution in [-0.4, -0.2) is 53.3 Å². The van der Waals surface area contributed by atoms with Gasteiger partial charge in [-0.05, 0) is 17.7 Å². The molecule has 0 spiro atoms. The van der Waals surface area contributed by atoms with Crippen molar-refractivity contribution in [2.45, 2.75) is 20.0 Å². The van der Waals surface area contributed by atoms with Crippen molar-refractivity contribution < 1.29 is 9.15 Å². The van der Waals surface area contributed by atoms with Crippen molar-refractivity contribution >= 4 is 0 Å². The number of benzene rings is 1. The zero-order chi connectivity index (χ0) is 15.4. The summed E-state index contributed by atoms with van der Waals surface area (Å²) in [6.07, 6.45) is 0. The molecule has 6 heteroatoms. The molecule has 0 atom stereocenters. The van der Waals surface area contributed by atoms with Gasteiger partial charge in [0.1, 0.15) is 5.75 Å². The summed E-state index contributed by atoms with van der Waals surface area (Å²) in [6, 6.07) is 8.30. The normalized spacial score (nSPS) is 16.8. The van der Waals surface area contributed by atoms with Crippen LogP contribution in [0.4, 0.5) is 0 Å². The fourth-order valence-corrected chi connectivity index (χ4v) is 2.69. The van der Waals surface area contributed by atoms with Crippen LogP contribution in [0.3, 0.4) is 0 Å². The van der Waals surface area contributed by atoms with Gasteiger partial charge in [-0.15, -0.1) is 10.2 Å². The summed E-state index contributed by atoms with van der Waals surface area (Å²) < 4.78 is 10.6. The summed E-state index contributed by atoms with van der Waals surface area (Å²) in [7, 11) is 1.69. The van der Waals surface area contributed by atoms with E-state index in [-0.39, 0.29) is 0 Å². The lowest BCUT2D eigenvalue weighted by Crippen LogP contribution is -2.45. The van der Waals surface area contributed by atoms with Gasteiger partial charge in [0.2, 0.25) is 11.8 Å². The van der Waals surface area contributed by atoms with Crippen molar-refractivity contribution in [3.05, 3.63) is 41.6 Å². The lowest BCUT2D eigenvalue weighted by molar-refractivity contribution is 0.114. The molecule has 6 nitrogen and oxygen atoms in total. The standard InChI is InChI=1S/C16H22N4O2/c1-13-17-18-16(22-13)12-20-9-7-19(8-10-20)11-14-3-5-15(21-2)6-4-14/h3-6H,7-12H2,1-2H3. The van der Waals surface area contributed by atoms with Crippen LogP contribution < -0.4 is 4.74 Å². The van der Waals surface area contributed by atoms with E-state index in [4.69, 9.17) is 9.15 Å². The highest BCUT2D eigenvalue weighted by Gasteiger charge is 2.18. The molecule has 3 rings (SSSR count). The van der Waals surface area contributed by atoms with Gasteiger partial charge in [-0.2, -0.15) is 0 Å². The van der Waals surface area contributed by atoms with Crippen LogP contribution in [0.1, 0.15) is 17.3 Å². The van der Waals surface area contributed by atoms with Crippen LogP contribution in [0.5, 0.6) is 5.75 Å². The molecule has 1 fully saturated rings. The Morgan fingerprint density at radius 2 is 1.64 bits per heavy atom. The molecule has 0 saturated carbocycles. The first-order valence-electron chi connectivity index (χ1n) is 7.59. The molecule has 1 saturated heterocycles. The Bertz CT molecular complexity index is 588. The van der Waals surface area contributed by atoms with Crippen molar-refractivity contribution in [3.63, 3.8) is 0 Å². The Hall–Kier alpha value is -1.92. The molecular formula is C16H22N4O2. The maximum Gasteiger partial charge on any atom is 0.230 e. The molecule has 0 bridgehead atoms. The number of aromatic nitrogens is 2. The van der Waals surface area contributed by atoms with E-state index in [1.807, 2.05) is 19.1 Å². The number of nitrogens with zero attached hydrogens (tertiary/aromatic N) is 4. The third kappa shape index (κ3) is 3.84. The highest BCUT2D eigenvalue weighted by Crippen LogP contribution is 2.14. The van der Waals surface area contributed by atoms with Gasteiger partial charge >= 0.3 is 0 Å². The van der Waals surface area contributed by atoms with Gasteiger partial charge in [-0.1, -0.05) is 12.1 Å². The van der Waals surface area contributed by atoms with Crippen LogP contribution in [0.2, 0.25) is 0 Å². The second kappa shape index (κ2) is 6.89. The topological polar surface area (TPSA) is 54.6 Å². The molecule has 1 aromatic heterocycles. The zero-order valence-electron chi connectivity index (χ0n) is 13.2. The minimum absolute atomic E-state index is 0.633. The number of piperazine rings is 1. The largest absolute Gasteiger partial charge is 0.497 e. The zero-order valence-corrected chi connectivity index (χ0v) is 13.2. The third-order valence-electron chi connectivity index (χ3n) is 3.96. The van der Waals surface area contributed by atoms with Crippen molar-refractivity contribution in [1.29, 1.82) is 0 Å². The molecule has 0 aliphatic carbocycles. The maximum absolute atomic E-state index is 5.44. The molecule has 22 heavy (non-hydrogen) atoms. The maximum atomic E-state index is 5.44. The summed E-state index contributed by atoms with van der Waals surface area (Å²) in [5, 5.41) is 7.93. The SMILES string of the molecule is COc1ccc(CN2CCN(Cc3nnc(C)o3)CC2)cc1. The van der Waals surface area contributed by atoms with Crippen LogP contribution in [-0.2, 0) is 13.1 Å². The van der Waals surface area contributed by atoms with Crippen LogP contribution in [0, 0.1) is 6.92 Å². The third-order valence-corrected chi connectivity index (χ3v) is 3.96. The first kappa shape index (κ1) is 15.0. The molecule has 2 aromatic rings. The summed E-state index contributed by atoms with van der Waals surface area (Å²) in [5.41, 5.74) is 1.32. The van der Waals surface area contributed by atoms with Gasteiger partial charge in [0, 0.05) is 39.6 Å². The molecule has 1 aliphatic heterocycles. The molecule has 1 aliphatic rings. The highest BCUT2D eigenvalue weighted by atomic mass is 16.5. The van der Waals surface area contributed by atoms with Crippen LogP contribution in [0.25, 0.3) is 0 Å². The number of aryl methyl sites for hydroxylation is 1. The number of rotatable bonds is 5. The molecule has 0 radical (unpaired) electrons. The Labute approximate surface area is 130 Å². The van der Waals surface area contributed by atoms with E-state index in [2.05, 4.69) is 32.1 Å². The molecule has 118 valence electrons. The Morgan fingerprint density at radius 3 is 2.18 bits per heavy atom. The van der Waals surface area contributed by atoms with Crippen molar-refractivity contribution in [3.8, 4) is 5.75 Å². The number of ether oxygens (including phenoxy) is 1. The second-order valence-corrected chi connectivity index (χ2v) is 5.62. The monoisotopic (exact) mass is 302 g/mol. The van der Waals surface area contributed by atoms with Crippen molar-refractivity contribution in [1.82, 2.24) is 20.0 Å². The summed E-state index contributed by atoms with van der Waals surface area (Å²) in [6.45, 7) is 7.71. The summed E-state index contributed by atoms with van der Waals surface area (Å²) in [5.74, 6) is 2.25. The van der Waals surface area contributed by atoms with E-state index in [0.29, 0.717) is 11.8 Å². The van der Waals surface area contributed by atoms with E-state index in [0.717, 1.165) is 45.0 Å². The fraction of sp³-hybridized carbons (Fsp3) is 0.500. The van der Waals surface area contributed by atoms with Crippen LogP contribution >= 0.6 is 0 Å². The summed E-state index contributed by atoms with van der Waals surface area (Å²) in [4.78, 5) is 4.83. The van der Waals surface area contributed by atoms with E-state index < -0.39 is 0 Å². The quantitative estimate of drug-likeness (QED) is 0.838. The van der Waals surface area contributed by atoms with E-state index in [1.54, 1.807) is 7.11 Å².